The molecule has 7 nitrogen and oxygen atoms in total. The van der Waals surface area contributed by atoms with Gasteiger partial charge in [0.2, 0.25) is 5.89 Å². The molecule has 0 radical (unpaired) electrons. The molecule has 1 amide bonds. The highest BCUT2D eigenvalue weighted by atomic mass is 16.5. The molecule has 0 aliphatic carbocycles. The predicted molar refractivity (Wildman–Crippen MR) is 70.9 cm³/mol. The fourth-order valence-electron chi connectivity index (χ4n) is 1.78. The van der Waals surface area contributed by atoms with Gasteiger partial charge < -0.3 is 14.3 Å². The molecule has 0 fully saturated rings. The van der Waals surface area contributed by atoms with E-state index in [1.807, 2.05) is 26.0 Å². The first kappa shape index (κ1) is 14.3. The summed E-state index contributed by atoms with van der Waals surface area (Å²) in [5.74, 6) is 1.87. The third kappa shape index (κ3) is 3.45. The Bertz CT molecular complexity index is 576. The van der Waals surface area contributed by atoms with Crippen molar-refractivity contribution in [1.29, 1.82) is 0 Å². The lowest BCUT2D eigenvalue weighted by Gasteiger charge is -2.16. The maximum absolute atomic E-state index is 11.4. The Labute approximate surface area is 116 Å². The monoisotopic (exact) mass is 278 g/mol. The zero-order valence-electron chi connectivity index (χ0n) is 11.8. The number of carbonyl (C=O) groups excluding carboxylic acids is 1. The van der Waals surface area contributed by atoms with E-state index >= 15 is 0 Å². The van der Waals surface area contributed by atoms with Gasteiger partial charge in [0.15, 0.2) is 0 Å². The number of nitrogens with one attached hydrogen (secondary N) is 1. The molecule has 0 bridgehead atoms. The molecule has 0 aromatic carbocycles. The lowest BCUT2D eigenvalue weighted by atomic mass is 10.4. The summed E-state index contributed by atoms with van der Waals surface area (Å²) in [5.41, 5.74) is 0. The Morgan fingerprint density at radius 1 is 1.40 bits per heavy atom. The summed E-state index contributed by atoms with van der Waals surface area (Å²) in [7, 11) is 1.52. The van der Waals surface area contributed by atoms with Crippen molar-refractivity contribution in [1.82, 2.24) is 20.4 Å². The highest BCUT2D eigenvalue weighted by Crippen LogP contribution is 2.11. The van der Waals surface area contributed by atoms with Crippen LogP contribution >= 0.6 is 0 Å². The van der Waals surface area contributed by atoms with Crippen LogP contribution in [0.5, 0.6) is 0 Å². The van der Waals surface area contributed by atoms with E-state index in [1.165, 1.54) is 7.05 Å². The zero-order valence-corrected chi connectivity index (χ0v) is 11.8. The van der Waals surface area contributed by atoms with Gasteiger partial charge >= 0.3 is 0 Å². The summed E-state index contributed by atoms with van der Waals surface area (Å²) in [6, 6.07) is 3.88. The van der Waals surface area contributed by atoms with E-state index in [2.05, 4.69) is 20.4 Å². The van der Waals surface area contributed by atoms with E-state index in [1.54, 1.807) is 0 Å². The first-order valence-corrected chi connectivity index (χ1v) is 6.44. The molecule has 2 aromatic heterocycles. The molecular weight excluding hydrogens is 260 g/mol. The number of aryl methyl sites for hydroxylation is 1. The van der Waals surface area contributed by atoms with Gasteiger partial charge in [0, 0.05) is 7.05 Å². The van der Waals surface area contributed by atoms with Gasteiger partial charge in [0.1, 0.15) is 11.5 Å². The molecule has 0 aliphatic heterocycles. The Kier molecular flexibility index (Phi) is 4.52. The van der Waals surface area contributed by atoms with Crippen molar-refractivity contribution in [3.63, 3.8) is 0 Å². The van der Waals surface area contributed by atoms with Crippen LogP contribution in [-0.2, 0) is 13.1 Å². The third-order valence-corrected chi connectivity index (χ3v) is 2.88. The van der Waals surface area contributed by atoms with Crippen LogP contribution in [0.4, 0.5) is 0 Å². The minimum absolute atomic E-state index is 0.0485. The van der Waals surface area contributed by atoms with Crippen molar-refractivity contribution in [3.8, 4) is 0 Å². The van der Waals surface area contributed by atoms with E-state index in [4.69, 9.17) is 8.94 Å². The van der Waals surface area contributed by atoms with Crippen molar-refractivity contribution in [2.45, 2.75) is 26.9 Å². The van der Waals surface area contributed by atoms with E-state index in [-0.39, 0.29) is 11.7 Å². The van der Waals surface area contributed by atoms with Crippen LogP contribution < -0.4 is 5.32 Å². The molecule has 0 aliphatic rings. The van der Waals surface area contributed by atoms with Crippen molar-refractivity contribution in [3.05, 3.63) is 35.4 Å². The summed E-state index contributed by atoms with van der Waals surface area (Å²) >= 11 is 0. The van der Waals surface area contributed by atoms with Crippen LogP contribution in [-0.4, -0.2) is 34.5 Å². The van der Waals surface area contributed by atoms with Gasteiger partial charge in [-0.15, -0.1) is 0 Å². The lowest BCUT2D eigenvalue weighted by molar-refractivity contribution is 0.0950. The standard InChI is InChI=1S/C13H18N4O3/c1-4-17(7-10-6-5-9(2)19-10)8-11-15-12(16-20-11)13(18)14-3/h5-6H,4,7-8H2,1-3H3,(H,14,18). The third-order valence-electron chi connectivity index (χ3n) is 2.88. The molecule has 0 saturated carbocycles. The van der Waals surface area contributed by atoms with Gasteiger partial charge in [-0.05, 0) is 25.6 Å². The second-order valence-corrected chi connectivity index (χ2v) is 4.41. The van der Waals surface area contributed by atoms with Crippen LogP contribution in [0.25, 0.3) is 0 Å². The van der Waals surface area contributed by atoms with E-state index in [0.29, 0.717) is 19.0 Å². The number of hydrogen-bond acceptors (Lipinski definition) is 6. The normalized spacial score (nSPS) is 11.0. The number of rotatable bonds is 6. The predicted octanol–water partition coefficient (Wildman–Crippen LogP) is 1.35. The first-order valence-electron chi connectivity index (χ1n) is 6.44. The van der Waals surface area contributed by atoms with Crippen LogP contribution in [0, 0.1) is 6.92 Å². The average Bonchev–Trinajstić information content (AvgIpc) is 3.06. The summed E-state index contributed by atoms with van der Waals surface area (Å²) in [5, 5.41) is 6.09. The van der Waals surface area contributed by atoms with Crippen molar-refractivity contribution < 1.29 is 13.7 Å². The largest absolute Gasteiger partial charge is 0.465 e. The second-order valence-electron chi connectivity index (χ2n) is 4.41. The van der Waals surface area contributed by atoms with E-state index in [9.17, 15) is 4.79 Å². The molecule has 1 N–H and O–H groups in total. The topological polar surface area (TPSA) is 84.4 Å². The van der Waals surface area contributed by atoms with Gasteiger partial charge in [-0.2, -0.15) is 4.98 Å². The van der Waals surface area contributed by atoms with Gasteiger partial charge in [0.05, 0.1) is 13.1 Å². The summed E-state index contributed by atoms with van der Waals surface area (Å²) < 4.78 is 10.6. The zero-order chi connectivity index (χ0) is 14.5. The van der Waals surface area contributed by atoms with Crippen LogP contribution in [0.15, 0.2) is 21.1 Å². The van der Waals surface area contributed by atoms with Crippen LogP contribution in [0.1, 0.15) is 35.0 Å². The minimum Gasteiger partial charge on any atom is -0.465 e. The van der Waals surface area contributed by atoms with Gasteiger partial charge in [-0.3, -0.25) is 9.69 Å². The average molecular weight is 278 g/mol. The van der Waals surface area contributed by atoms with Crippen molar-refractivity contribution in [2.75, 3.05) is 13.6 Å². The molecule has 0 unspecified atom stereocenters. The fraction of sp³-hybridized carbons (Fsp3) is 0.462. The molecule has 2 rings (SSSR count). The summed E-state index contributed by atoms with van der Waals surface area (Å²) in [6.07, 6.45) is 0. The van der Waals surface area contributed by atoms with Crippen molar-refractivity contribution >= 4 is 5.91 Å². The Balaban J connectivity index is 1.99. The molecule has 0 spiro atoms. The highest BCUT2D eigenvalue weighted by molar-refractivity contribution is 5.89. The van der Waals surface area contributed by atoms with Crippen LogP contribution in [0.2, 0.25) is 0 Å². The van der Waals surface area contributed by atoms with Gasteiger partial charge in [-0.25, -0.2) is 0 Å². The fourth-order valence-corrected chi connectivity index (χ4v) is 1.78. The van der Waals surface area contributed by atoms with E-state index in [0.717, 1.165) is 18.1 Å². The molecule has 2 heterocycles. The Hall–Kier alpha value is -2.15. The smallest absolute Gasteiger partial charge is 0.292 e. The Morgan fingerprint density at radius 2 is 2.20 bits per heavy atom. The van der Waals surface area contributed by atoms with Gasteiger partial charge in [0.25, 0.3) is 11.7 Å². The maximum Gasteiger partial charge on any atom is 0.292 e. The number of aromatic nitrogens is 2. The molecule has 20 heavy (non-hydrogen) atoms. The molecule has 2 aromatic rings. The van der Waals surface area contributed by atoms with E-state index < -0.39 is 0 Å². The summed E-state index contributed by atoms with van der Waals surface area (Å²) in [4.78, 5) is 17.5. The number of hydrogen-bond donors (Lipinski definition) is 1. The lowest BCUT2D eigenvalue weighted by Crippen LogP contribution is -2.23. The molecule has 0 saturated heterocycles. The first-order chi connectivity index (χ1) is 9.62. The quantitative estimate of drug-likeness (QED) is 0.858. The molecular formula is C13H18N4O3. The van der Waals surface area contributed by atoms with Crippen molar-refractivity contribution in [2.24, 2.45) is 0 Å². The highest BCUT2D eigenvalue weighted by Gasteiger charge is 2.16. The van der Waals surface area contributed by atoms with Gasteiger partial charge in [-0.1, -0.05) is 12.1 Å². The summed E-state index contributed by atoms with van der Waals surface area (Å²) in [6.45, 7) is 5.87. The maximum atomic E-state index is 11.4. The number of furan rings is 1. The second kappa shape index (κ2) is 6.33. The number of nitrogens with zero attached hydrogens (tertiary/aromatic N) is 3. The van der Waals surface area contributed by atoms with Crippen LogP contribution in [0.3, 0.4) is 0 Å². The number of amides is 1. The minimum atomic E-state index is -0.357. The SMILES string of the molecule is CCN(Cc1ccc(C)o1)Cc1nc(C(=O)NC)no1. The number of carbonyl (C=O) groups is 1. The molecule has 108 valence electrons. The molecule has 0 atom stereocenters. The Morgan fingerprint density at radius 3 is 2.80 bits per heavy atom. The molecule has 7 heteroatoms.